The molecule has 0 saturated carbocycles. The predicted molar refractivity (Wildman–Crippen MR) is 52.6 cm³/mol. The van der Waals surface area contributed by atoms with Crippen molar-refractivity contribution in [2.24, 2.45) is 0 Å². The molecule has 0 atom stereocenters. The SMILES string of the molecule is CS(=O)(=O)c1ncc2ccccc2n1. The second-order valence-electron chi connectivity index (χ2n) is 2.98. The van der Waals surface area contributed by atoms with Gasteiger partial charge in [0.1, 0.15) is 0 Å². The van der Waals surface area contributed by atoms with E-state index >= 15 is 0 Å². The van der Waals surface area contributed by atoms with Crippen molar-refractivity contribution >= 4 is 20.7 Å². The van der Waals surface area contributed by atoms with E-state index in [1.807, 2.05) is 12.1 Å². The van der Waals surface area contributed by atoms with Gasteiger partial charge in [-0.15, -0.1) is 0 Å². The van der Waals surface area contributed by atoms with Gasteiger partial charge in [-0.1, -0.05) is 18.2 Å². The molecule has 0 bridgehead atoms. The lowest BCUT2D eigenvalue weighted by Gasteiger charge is -1.98. The number of hydrogen-bond donors (Lipinski definition) is 0. The zero-order valence-electron chi connectivity index (χ0n) is 7.51. The fourth-order valence-corrected chi connectivity index (χ4v) is 1.64. The minimum atomic E-state index is -3.32. The summed E-state index contributed by atoms with van der Waals surface area (Å²) >= 11 is 0. The number of para-hydroxylation sites is 1. The quantitative estimate of drug-likeness (QED) is 0.657. The first-order valence-corrected chi connectivity index (χ1v) is 5.88. The van der Waals surface area contributed by atoms with E-state index in [0.29, 0.717) is 5.52 Å². The Balaban J connectivity index is 2.75. The van der Waals surface area contributed by atoms with Crippen LogP contribution in [0.15, 0.2) is 35.6 Å². The zero-order valence-corrected chi connectivity index (χ0v) is 8.32. The van der Waals surface area contributed by atoms with Crippen molar-refractivity contribution in [3.8, 4) is 0 Å². The third-order valence-electron chi connectivity index (χ3n) is 1.80. The predicted octanol–water partition coefficient (Wildman–Crippen LogP) is 1.03. The summed E-state index contributed by atoms with van der Waals surface area (Å²) < 4.78 is 22.3. The maximum absolute atomic E-state index is 11.2. The normalized spacial score (nSPS) is 11.8. The molecule has 2 rings (SSSR count). The Hall–Kier alpha value is -1.49. The molecular formula is C9H8N2O2S. The molecule has 1 aromatic heterocycles. The Morgan fingerprint density at radius 1 is 1.21 bits per heavy atom. The van der Waals surface area contributed by atoms with E-state index in [1.54, 1.807) is 12.1 Å². The summed E-state index contributed by atoms with van der Waals surface area (Å²) in [5.41, 5.74) is 0.642. The van der Waals surface area contributed by atoms with E-state index in [4.69, 9.17) is 0 Å². The molecule has 0 N–H and O–H groups in total. The molecule has 0 spiro atoms. The van der Waals surface area contributed by atoms with Crippen molar-refractivity contribution in [1.29, 1.82) is 0 Å². The molecule has 0 aliphatic rings. The highest BCUT2D eigenvalue weighted by atomic mass is 32.2. The Kier molecular flexibility index (Phi) is 1.96. The summed E-state index contributed by atoms with van der Waals surface area (Å²) in [6, 6.07) is 7.25. The van der Waals surface area contributed by atoms with Crippen LogP contribution in [0.2, 0.25) is 0 Å². The summed E-state index contributed by atoms with van der Waals surface area (Å²) in [6.45, 7) is 0. The van der Waals surface area contributed by atoms with E-state index in [1.165, 1.54) is 6.20 Å². The highest BCUT2D eigenvalue weighted by molar-refractivity contribution is 7.90. The molecule has 0 amide bonds. The van der Waals surface area contributed by atoms with Crippen molar-refractivity contribution in [3.05, 3.63) is 30.5 Å². The molecule has 72 valence electrons. The second kappa shape index (κ2) is 3.02. The van der Waals surface area contributed by atoms with Crippen LogP contribution in [0.3, 0.4) is 0 Å². The van der Waals surface area contributed by atoms with Crippen molar-refractivity contribution < 1.29 is 8.42 Å². The molecule has 0 aliphatic heterocycles. The third-order valence-corrected chi connectivity index (χ3v) is 2.66. The fourth-order valence-electron chi connectivity index (χ4n) is 1.13. The van der Waals surface area contributed by atoms with Crippen LogP contribution < -0.4 is 0 Å². The van der Waals surface area contributed by atoms with Gasteiger partial charge in [-0.25, -0.2) is 18.4 Å². The Morgan fingerprint density at radius 2 is 1.93 bits per heavy atom. The van der Waals surface area contributed by atoms with Crippen molar-refractivity contribution in [2.45, 2.75) is 5.16 Å². The molecule has 5 heteroatoms. The largest absolute Gasteiger partial charge is 0.247 e. The van der Waals surface area contributed by atoms with Crippen LogP contribution in [0, 0.1) is 0 Å². The molecular weight excluding hydrogens is 200 g/mol. The summed E-state index contributed by atoms with van der Waals surface area (Å²) in [4.78, 5) is 7.73. The lowest BCUT2D eigenvalue weighted by atomic mass is 10.2. The Labute approximate surface area is 81.5 Å². The van der Waals surface area contributed by atoms with Gasteiger partial charge in [0, 0.05) is 17.8 Å². The molecule has 0 unspecified atom stereocenters. The van der Waals surface area contributed by atoms with Crippen molar-refractivity contribution in [1.82, 2.24) is 9.97 Å². The lowest BCUT2D eigenvalue weighted by molar-refractivity contribution is 0.594. The van der Waals surface area contributed by atoms with Gasteiger partial charge in [0.15, 0.2) is 0 Å². The molecule has 0 radical (unpaired) electrons. The maximum atomic E-state index is 11.2. The summed E-state index contributed by atoms with van der Waals surface area (Å²) in [6.07, 6.45) is 2.61. The van der Waals surface area contributed by atoms with Crippen molar-refractivity contribution in [3.63, 3.8) is 0 Å². The molecule has 0 saturated heterocycles. The summed E-state index contributed by atoms with van der Waals surface area (Å²) in [7, 11) is -3.32. The van der Waals surface area contributed by atoms with Gasteiger partial charge in [0.25, 0.3) is 0 Å². The molecule has 2 aromatic rings. The standard InChI is InChI=1S/C9H8N2O2S/c1-14(12,13)9-10-6-7-4-2-3-5-8(7)11-9/h2-6H,1H3. The number of sulfone groups is 1. The number of fused-ring (bicyclic) bond motifs is 1. The zero-order chi connectivity index (χ0) is 10.2. The monoisotopic (exact) mass is 208 g/mol. The van der Waals surface area contributed by atoms with Crippen LogP contribution >= 0.6 is 0 Å². The van der Waals surface area contributed by atoms with Crippen LogP contribution in [-0.4, -0.2) is 24.6 Å². The highest BCUT2D eigenvalue weighted by Crippen LogP contribution is 2.11. The number of benzene rings is 1. The lowest BCUT2D eigenvalue weighted by Crippen LogP contribution is -2.03. The number of rotatable bonds is 1. The van der Waals surface area contributed by atoms with Gasteiger partial charge in [-0.2, -0.15) is 0 Å². The van der Waals surface area contributed by atoms with Gasteiger partial charge < -0.3 is 0 Å². The van der Waals surface area contributed by atoms with Gasteiger partial charge >= 0.3 is 0 Å². The van der Waals surface area contributed by atoms with E-state index in [-0.39, 0.29) is 5.16 Å². The van der Waals surface area contributed by atoms with E-state index in [2.05, 4.69) is 9.97 Å². The molecule has 0 aliphatic carbocycles. The highest BCUT2D eigenvalue weighted by Gasteiger charge is 2.10. The first-order valence-electron chi connectivity index (χ1n) is 3.99. The minimum Gasteiger partial charge on any atom is -0.226 e. The first kappa shape index (κ1) is 9.08. The fraction of sp³-hybridized carbons (Fsp3) is 0.111. The molecule has 1 aromatic carbocycles. The van der Waals surface area contributed by atoms with E-state index in [9.17, 15) is 8.42 Å². The van der Waals surface area contributed by atoms with Gasteiger partial charge in [-0.05, 0) is 6.07 Å². The van der Waals surface area contributed by atoms with Crippen LogP contribution in [-0.2, 0) is 9.84 Å². The molecule has 0 fully saturated rings. The van der Waals surface area contributed by atoms with E-state index < -0.39 is 9.84 Å². The average Bonchev–Trinajstić information content (AvgIpc) is 2.16. The number of aromatic nitrogens is 2. The van der Waals surface area contributed by atoms with Gasteiger partial charge in [0.2, 0.25) is 15.0 Å². The average molecular weight is 208 g/mol. The molecule has 1 heterocycles. The Bertz CT molecular complexity index is 578. The minimum absolute atomic E-state index is 0.129. The van der Waals surface area contributed by atoms with Crippen LogP contribution in [0.1, 0.15) is 0 Å². The smallest absolute Gasteiger partial charge is 0.226 e. The summed E-state index contributed by atoms with van der Waals surface area (Å²) in [5, 5.41) is 0.705. The first-order chi connectivity index (χ1) is 6.57. The number of hydrogen-bond acceptors (Lipinski definition) is 4. The topological polar surface area (TPSA) is 59.9 Å². The molecule has 4 nitrogen and oxygen atoms in total. The maximum Gasteiger partial charge on any atom is 0.247 e. The molecule has 14 heavy (non-hydrogen) atoms. The Morgan fingerprint density at radius 3 is 2.64 bits per heavy atom. The van der Waals surface area contributed by atoms with Crippen LogP contribution in [0.4, 0.5) is 0 Å². The second-order valence-corrected chi connectivity index (χ2v) is 4.89. The van der Waals surface area contributed by atoms with Gasteiger partial charge in [-0.3, -0.25) is 0 Å². The van der Waals surface area contributed by atoms with E-state index in [0.717, 1.165) is 11.6 Å². The van der Waals surface area contributed by atoms with Crippen molar-refractivity contribution in [2.75, 3.05) is 6.26 Å². The third kappa shape index (κ3) is 1.58. The summed E-state index contributed by atoms with van der Waals surface area (Å²) in [5.74, 6) is 0. The number of nitrogens with zero attached hydrogens (tertiary/aromatic N) is 2. The van der Waals surface area contributed by atoms with Crippen LogP contribution in [0.5, 0.6) is 0 Å². The van der Waals surface area contributed by atoms with Crippen LogP contribution in [0.25, 0.3) is 10.9 Å². The van der Waals surface area contributed by atoms with Gasteiger partial charge in [0.05, 0.1) is 5.52 Å².